The van der Waals surface area contributed by atoms with Gasteiger partial charge in [-0.05, 0) is 32.6 Å². The van der Waals surface area contributed by atoms with Crippen LogP contribution in [0.1, 0.15) is 85.0 Å². The topological polar surface area (TPSA) is 167 Å². The molecule has 0 fully saturated rings. The maximum Gasteiger partial charge on any atom is 0.326 e. The summed E-state index contributed by atoms with van der Waals surface area (Å²) in [6, 6.07) is -2.19. The molecule has 0 spiro atoms. The molecule has 32 heavy (non-hydrogen) atoms. The lowest BCUT2D eigenvalue weighted by Gasteiger charge is -2.15. The number of ketones is 2. The summed E-state index contributed by atoms with van der Waals surface area (Å²) in [6.45, 7) is 4.83. The second-order valence-corrected chi connectivity index (χ2v) is 8.23. The summed E-state index contributed by atoms with van der Waals surface area (Å²) < 4.78 is 0. The van der Waals surface area contributed by atoms with Crippen LogP contribution in [0.3, 0.4) is 0 Å². The molecule has 2 atom stereocenters. The van der Waals surface area contributed by atoms with E-state index >= 15 is 0 Å². The Bertz CT molecular complexity index is 675. The second-order valence-electron chi connectivity index (χ2n) is 8.23. The van der Waals surface area contributed by atoms with Crippen molar-refractivity contribution >= 4 is 35.3 Å². The minimum atomic E-state index is -1.18. The summed E-state index contributed by atoms with van der Waals surface area (Å²) in [5, 5.41) is 23.1. The number of amides is 2. The first-order valence-corrected chi connectivity index (χ1v) is 11.0. The molecule has 0 aliphatic rings. The Balaban J connectivity index is 4.10. The lowest BCUT2D eigenvalue weighted by atomic mass is 10.0. The highest BCUT2D eigenvalue weighted by Crippen LogP contribution is 2.09. The molecule has 0 aliphatic heterocycles. The summed E-state index contributed by atoms with van der Waals surface area (Å²) in [5.41, 5.74) is 0. The zero-order chi connectivity index (χ0) is 24.7. The predicted molar refractivity (Wildman–Crippen MR) is 116 cm³/mol. The first-order valence-electron chi connectivity index (χ1n) is 11.0. The van der Waals surface area contributed by atoms with Crippen molar-refractivity contribution in [3.05, 3.63) is 0 Å². The standard InChI is InChI=1S/C22H36N2O8/c1-14(2)18(26)13-12-17(22(31)32)24-20(28)9-7-5-4-6-8-19(27)23-16(21(29)30)11-10-15(3)25/h14,16-17H,4-13H2,1-3H3,(H,23,27)(H,24,28)(H,29,30)(H,31,32)/t16-,17-/m0/s1. The predicted octanol–water partition coefficient (Wildman–Crippen LogP) is 1.84. The Hall–Kier alpha value is -2.78. The molecule has 2 amide bonds. The molecule has 0 bridgehead atoms. The maximum atomic E-state index is 12.0. The van der Waals surface area contributed by atoms with Crippen LogP contribution >= 0.6 is 0 Å². The smallest absolute Gasteiger partial charge is 0.326 e. The molecular formula is C22H36N2O8. The van der Waals surface area contributed by atoms with Gasteiger partial charge in [0.2, 0.25) is 11.8 Å². The average Bonchev–Trinajstić information content (AvgIpc) is 2.69. The zero-order valence-electron chi connectivity index (χ0n) is 19.1. The first-order chi connectivity index (χ1) is 14.9. The molecule has 10 nitrogen and oxygen atoms in total. The van der Waals surface area contributed by atoms with Gasteiger partial charge in [0.15, 0.2) is 0 Å². The van der Waals surface area contributed by atoms with Gasteiger partial charge in [0, 0.05) is 31.6 Å². The van der Waals surface area contributed by atoms with Gasteiger partial charge in [-0.15, -0.1) is 0 Å². The highest BCUT2D eigenvalue weighted by molar-refractivity contribution is 5.85. The van der Waals surface area contributed by atoms with Gasteiger partial charge < -0.3 is 25.6 Å². The Labute approximate surface area is 188 Å². The molecule has 0 aromatic rings. The third-order valence-electron chi connectivity index (χ3n) is 4.93. The van der Waals surface area contributed by atoms with Crippen LogP contribution in [0.5, 0.6) is 0 Å². The number of carboxylic acid groups (broad SMARTS) is 2. The fourth-order valence-electron chi connectivity index (χ4n) is 2.90. The normalized spacial score (nSPS) is 12.6. The third-order valence-corrected chi connectivity index (χ3v) is 4.93. The monoisotopic (exact) mass is 456 g/mol. The van der Waals surface area contributed by atoms with Crippen LogP contribution in [0, 0.1) is 5.92 Å². The molecule has 10 heteroatoms. The Morgan fingerprint density at radius 1 is 0.656 bits per heavy atom. The van der Waals surface area contributed by atoms with Crippen molar-refractivity contribution in [2.75, 3.05) is 0 Å². The van der Waals surface area contributed by atoms with Gasteiger partial charge in [-0.3, -0.25) is 14.4 Å². The first kappa shape index (κ1) is 29.2. The molecule has 0 aromatic heterocycles. The molecule has 0 radical (unpaired) electrons. The molecular weight excluding hydrogens is 420 g/mol. The van der Waals surface area contributed by atoms with E-state index in [1.807, 2.05) is 0 Å². The minimum absolute atomic E-state index is 0.0501. The van der Waals surface area contributed by atoms with Gasteiger partial charge in [-0.2, -0.15) is 0 Å². The maximum absolute atomic E-state index is 12.0. The number of rotatable bonds is 18. The molecule has 0 saturated carbocycles. The largest absolute Gasteiger partial charge is 0.480 e. The summed E-state index contributed by atoms with van der Waals surface area (Å²) in [7, 11) is 0. The molecule has 0 rings (SSSR count). The van der Waals surface area contributed by atoms with Crippen molar-refractivity contribution in [1.29, 1.82) is 0 Å². The summed E-state index contributed by atoms with van der Waals surface area (Å²) in [5.74, 6) is -3.54. The van der Waals surface area contributed by atoms with E-state index in [9.17, 15) is 33.9 Å². The van der Waals surface area contributed by atoms with Gasteiger partial charge >= 0.3 is 11.9 Å². The lowest BCUT2D eigenvalue weighted by Crippen LogP contribution is -2.41. The van der Waals surface area contributed by atoms with Crippen LogP contribution in [0.25, 0.3) is 0 Å². The van der Waals surface area contributed by atoms with Crippen LogP contribution in [0.4, 0.5) is 0 Å². The summed E-state index contributed by atoms with van der Waals surface area (Å²) in [4.78, 5) is 68.9. The number of hydrogen-bond donors (Lipinski definition) is 4. The summed E-state index contributed by atoms with van der Waals surface area (Å²) in [6.07, 6.45) is 2.88. The fourth-order valence-corrected chi connectivity index (χ4v) is 2.90. The second kappa shape index (κ2) is 15.9. The SMILES string of the molecule is CC(=O)CC[C@H](NC(=O)CCCCCCC(=O)N[C@@H](CCC(=O)C(C)C)C(=O)O)C(=O)O. The Morgan fingerprint density at radius 2 is 1.06 bits per heavy atom. The fraction of sp³-hybridized carbons (Fsp3) is 0.727. The van der Waals surface area contributed by atoms with Gasteiger partial charge in [-0.25, -0.2) is 9.59 Å². The third kappa shape index (κ3) is 14.3. The van der Waals surface area contributed by atoms with Gasteiger partial charge in [0.05, 0.1) is 0 Å². The van der Waals surface area contributed by atoms with Crippen LogP contribution in [-0.2, 0) is 28.8 Å². The number of carboxylic acids is 2. The highest BCUT2D eigenvalue weighted by atomic mass is 16.4. The molecule has 0 unspecified atom stereocenters. The average molecular weight is 457 g/mol. The number of nitrogens with one attached hydrogen (secondary N) is 2. The molecule has 0 heterocycles. The van der Waals surface area contributed by atoms with Crippen molar-refractivity contribution < 1.29 is 39.0 Å². The van der Waals surface area contributed by atoms with E-state index in [0.29, 0.717) is 25.7 Å². The molecule has 0 aromatic carbocycles. The molecule has 0 aliphatic carbocycles. The van der Waals surface area contributed by atoms with Crippen LogP contribution in [0.15, 0.2) is 0 Å². The summed E-state index contributed by atoms with van der Waals surface area (Å²) >= 11 is 0. The molecule has 182 valence electrons. The van der Waals surface area contributed by atoms with Gasteiger partial charge in [0.1, 0.15) is 23.7 Å². The Morgan fingerprint density at radius 3 is 1.41 bits per heavy atom. The molecule has 4 N–H and O–H groups in total. The van der Waals surface area contributed by atoms with Gasteiger partial charge in [-0.1, -0.05) is 26.7 Å². The van der Waals surface area contributed by atoms with E-state index in [2.05, 4.69) is 10.6 Å². The lowest BCUT2D eigenvalue weighted by molar-refractivity contribution is -0.142. The number of unbranched alkanes of at least 4 members (excludes halogenated alkanes) is 3. The zero-order valence-corrected chi connectivity index (χ0v) is 19.1. The van der Waals surface area contributed by atoms with Crippen molar-refractivity contribution in [2.45, 2.75) is 97.1 Å². The number of hydrogen-bond acceptors (Lipinski definition) is 6. The highest BCUT2D eigenvalue weighted by Gasteiger charge is 2.22. The number of Topliss-reactive ketones (excluding diaryl/α,β-unsaturated/α-hetero) is 2. The van der Waals surface area contributed by atoms with E-state index in [4.69, 9.17) is 5.11 Å². The number of aliphatic carboxylic acids is 2. The number of carbonyl (C=O) groups is 6. The van der Waals surface area contributed by atoms with E-state index in [0.717, 1.165) is 0 Å². The van der Waals surface area contributed by atoms with Crippen molar-refractivity contribution in [1.82, 2.24) is 10.6 Å². The van der Waals surface area contributed by atoms with E-state index in [1.165, 1.54) is 6.92 Å². The molecule has 0 saturated heterocycles. The van der Waals surface area contributed by atoms with Gasteiger partial charge in [0.25, 0.3) is 0 Å². The Kier molecular flexibility index (Phi) is 14.6. The van der Waals surface area contributed by atoms with E-state index in [1.54, 1.807) is 13.8 Å². The van der Waals surface area contributed by atoms with Crippen molar-refractivity contribution in [3.63, 3.8) is 0 Å². The van der Waals surface area contributed by atoms with Crippen molar-refractivity contribution in [2.24, 2.45) is 5.92 Å². The minimum Gasteiger partial charge on any atom is -0.480 e. The van der Waals surface area contributed by atoms with Crippen LogP contribution in [0.2, 0.25) is 0 Å². The van der Waals surface area contributed by atoms with Crippen LogP contribution < -0.4 is 10.6 Å². The number of carbonyl (C=O) groups excluding carboxylic acids is 4. The van der Waals surface area contributed by atoms with Crippen molar-refractivity contribution in [3.8, 4) is 0 Å². The van der Waals surface area contributed by atoms with Crippen LogP contribution in [-0.4, -0.2) is 57.6 Å². The van der Waals surface area contributed by atoms with E-state index < -0.39 is 35.8 Å². The van der Waals surface area contributed by atoms with E-state index in [-0.39, 0.29) is 56.0 Å². The quantitative estimate of drug-likeness (QED) is 0.227.